The Bertz CT molecular complexity index is 599. The number of para-hydroxylation sites is 1. The van der Waals surface area contributed by atoms with Crippen molar-refractivity contribution in [3.63, 3.8) is 0 Å². The zero-order chi connectivity index (χ0) is 19.1. The van der Waals surface area contributed by atoms with E-state index in [4.69, 9.17) is 4.74 Å². The van der Waals surface area contributed by atoms with E-state index in [1.165, 1.54) is 12.8 Å². The molecule has 2 heterocycles. The first-order chi connectivity index (χ1) is 13.2. The molecule has 1 aromatic carbocycles. The predicted molar refractivity (Wildman–Crippen MR) is 109 cm³/mol. The van der Waals surface area contributed by atoms with E-state index in [-0.39, 0.29) is 0 Å². The van der Waals surface area contributed by atoms with Crippen LogP contribution in [0, 0.1) is 0 Å². The molecule has 5 nitrogen and oxygen atoms in total. The van der Waals surface area contributed by atoms with Gasteiger partial charge in [0.2, 0.25) is 5.91 Å². The van der Waals surface area contributed by atoms with Gasteiger partial charge < -0.3 is 14.5 Å². The number of rotatable bonds is 6. The van der Waals surface area contributed by atoms with Gasteiger partial charge in [-0.3, -0.25) is 9.69 Å². The van der Waals surface area contributed by atoms with Crippen LogP contribution in [-0.4, -0.2) is 79.6 Å². The first kappa shape index (κ1) is 20.2. The Morgan fingerprint density at radius 1 is 1.11 bits per heavy atom. The molecule has 2 aliphatic heterocycles. The molecule has 0 bridgehead atoms. The Morgan fingerprint density at radius 3 is 2.67 bits per heavy atom. The molecule has 3 rings (SSSR count). The van der Waals surface area contributed by atoms with Gasteiger partial charge in [0.25, 0.3) is 0 Å². The van der Waals surface area contributed by atoms with Gasteiger partial charge in [-0.2, -0.15) is 0 Å². The number of carbonyl (C=O) groups excluding carboxylic acids is 1. The lowest BCUT2D eigenvalue weighted by atomic mass is 10.1. The molecule has 0 spiro atoms. The number of amides is 1. The highest BCUT2D eigenvalue weighted by Gasteiger charge is 2.28. The number of benzene rings is 1. The SMILES string of the molecule is CCOc1ccccc1CCC(=O)N1CCCCC(N2CCN(C)CC2)C1. The van der Waals surface area contributed by atoms with E-state index in [1.54, 1.807) is 0 Å². The van der Waals surface area contributed by atoms with Crippen molar-refractivity contribution < 1.29 is 9.53 Å². The van der Waals surface area contributed by atoms with E-state index in [1.807, 2.05) is 25.1 Å². The fraction of sp³-hybridized carbons (Fsp3) is 0.682. The van der Waals surface area contributed by atoms with Crippen molar-refractivity contribution >= 4 is 5.91 Å². The van der Waals surface area contributed by atoms with Crippen molar-refractivity contribution in [3.05, 3.63) is 29.8 Å². The third kappa shape index (κ3) is 5.69. The third-order valence-electron chi connectivity index (χ3n) is 5.93. The minimum Gasteiger partial charge on any atom is -0.494 e. The number of hydrogen-bond donors (Lipinski definition) is 0. The van der Waals surface area contributed by atoms with Crippen LogP contribution in [0.15, 0.2) is 24.3 Å². The Labute approximate surface area is 164 Å². The maximum atomic E-state index is 12.9. The van der Waals surface area contributed by atoms with Crippen LogP contribution in [0.3, 0.4) is 0 Å². The molecule has 0 radical (unpaired) electrons. The molecule has 5 heteroatoms. The van der Waals surface area contributed by atoms with Gasteiger partial charge in [0.05, 0.1) is 6.61 Å². The Balaban J connectivity index is 1.55. The van der Waals surface area contributed by atoms with E-state index in [2.05, 4.69) is 27.8 Å². The van der Waals surface area contributed by atoms with Crippen LogP contribution < -0.4 is 4.74 Å². The average molecular weight is 374 g/mol. The number of likely N-dealkylation sites (tertiary alicyclic amines) is 1. The maximum Gasteiger partial charge on any atom is 0.222 e. The molecule has 0 saturated carbocycles. The number of likely N-dealkylation sites (N-methyl/N-ethyl adjacent to an activating group) is 1. The molecule has 150 valence electrons. The summed E-state index contributed by atoms with van der Waals surface area (Å²) in [4.78, 5) is 20.1. The first-order valence-corrected chi connectivity index (χ1v) is 10.6. The van der Waals surface area contributed by atoms with E-state index < -0.39 is 0 Å². The van der Waals surface area contributed by atoms with Gasteiger partial charge in [-0.05, 0) is 44.9 Å². The molecule has 27 heavy (non-hydrogen) atoms. The predicted octanol–water partition coefficient (Wildman–Crippen LogP) is 2.65. The summed E-state index contributed by atoms with van der Waals surface area (Å²) in [5.41, 5.74) is 1.14. The number of hydrogen-bond acceptors (Lipinski definition) is 4. The standard InChI is InChI=1S/C22H35N3O2/c1-3-27-21-10-5-4-8-19(21)11-12-22(26)25-13-7-6-9-20(18-25)24-16-14-23(2)15-17-24/h4-5,8,10,20H,3,6-7,9,11-18H2,1-2H3. The molecule has 2 saturated heterocycles. The highest BCUT2D eigenvalue weighted by molar-refractivity contribution is 5.76. The molecule has 1 atom stereocenters. The second-order valence-corrected chi connectivity index (χ2v) is 7.87. The summed E-state index contributed by atoms with van der Waals surface area (Å²) in [5, 5.41) is 0. The Hall–Kier alpha value is -1.59. The van der Waals surface area contributed by atoms with Crippen molar-refractivity contribution in [2.75, 3.05) is 52.9 Å². The number of carbonyl (C=O) groups is 1. The molecule has 1 amide bonds. The normalized spacial score (nSPS) is 22.4. The minimum absolute atomic E-state index is 0.294. The number of aryl methyl sites for hydroxylation is 1. The summed E-state index contributed by atoms with van der Waals surface area (Å²) < 4.78 is 5.70. The maximum absolute atomic E-state index is 12.9. The zero-order valence-electron chi connectivity index (χ0n) is 17.0. The summed E-state index contributed by atoms with van der Waals surface area (Å²) in [6, 6.07) is 8.62. The second-order valence-electron chi connectivity index (χ2n) is 7.87. The van der Waals surface area contributed by atoms with Gasteiger partial charge in [0, 0.05) is 51.7 Å². The summed E-state index contributed by atoms with van der Waals surface area (Å²) >= 11 is 0. The molecular formula is C22H35N3O2. The van der Waals surface area contributed by atoms with Gasteiger partial charge in [-0.1, -0.05) is 24.6 Å². The van der Waals surface area contributed by atoms with Crippen LogP contribution in [0.2, 0.25) is 0 Å². The van der Waals surface area contributed by atoms with Crippen LogP contribution in [0.5, 0.6) is 5.75 Å². The summed E-state index contributed by atoms with van der Waals surface area (Å²) in [5.74, 6) is 1.21. The lowest BCUT2D eigenvalue weighted by Gasteiger charge is -2.39. The molecule has 1 unspecified atom stereocenters. The van der Waals surface area contributed by atoms with Crippen LogP contribution in [0.1, 0.15) is 38.2 Å². The second kappa shape index (κ2) is 10.1. The lowest BCUT2D eigenvalue weighted by Crippen LogP contribution is -2.52. The van der Waals surface area contributed by atoms with Gasteiger partial charge in [0.15, 0.2) is 0 Å². The van der Waals surface area contributed by atoms with E-state index >= 15 is 0 Å². The highest BCUT2D eigenvalue weighted by atomic mass is 16.5. The Morgan fingerprint density at radius 2 is 1.89 bits per heavy atom. The van der Waals surface area contributed by atoms with Crippen LogP contribution in [0.25, 0.3) is 0 Å². The van der Waals surface area contributed by atoms with Crippen molar-refractivity contribution in [2.24, 2.45) is 0 Å². The van der Waals surface area contributed by atoms with Crippen molar-refractivity contribution in [1.82, 2.24) is 14.7 Å². The van der Waals surface area contributed by atoms with Crippen LogP contribution in [0.4, 0.5) is 0 Å². The third-order valence-corrected chi connectivity index (χ3v) is 5.93. The molecule has 2 aliphatic rings. The van der Waals surface area contributed by atoms with Gasteiger partial charge in [0.1, 0.15) is 5.75 Å². The van der Waals surface area contributed by atoms with Gasteiger partial charge >= 0.3 is 0 Å². The zero-order valence-corrected chi connectivity index (χ0v) is 17.0. The van der Waals surface area contributed by atoms with E-state index in [0.29, 0.717) is 25.0 Å². The first-order valence-electron chi connectivity index (χ1n) is 10.6. The molecular weight excluding hydrogens is 338 g/mol. The Kier molecular flexibility index (Phi) is 7.53. The van der Waals surface area contributed by atoms with Gasteiger partial charge in [-0.15, -0.1) is 0 Å². The topological polar surface area (TPSA) is 36.0 Å². The van der Waals surface area contributed by atoms with E-state index in [9.17, 15) is 4.79 Å². The molecule has 0 N–H and O–H groups in total. The van der Waals surface area contributed by atoms with Gasteiger partial charge in [-0.25, -0.2) is 0 Å². The number of piperazine rings is 1. The van der Waals surface area contributed by atoms with Crippen LogP contribution in [-0.2, 0) is 11.2 Å². The number of nitrogens with zero attached hydrogens (tertiary/aromatic N) is 3. The average Bonchev–Trinajstić information content (AvgIpc) is 2.94. The summed E-state index contributed by atoms with van der Waals surface area (Å²) in [7, 11) is 2.19. The molecule has 0 aliphatic carbocycles. The number of ether oxygens (including phenoxy) is 1. The minimum atomic E-state index is 0.294. The van der Waals surface area contributed by atoms with Crippen molar-refractivity contribution in [2.45, 2.75) is 45.1 Å². The smallest absolute Gasteiger partial charge is 0.222 e. The van der Waals surface area contributed by atoms with E-state index in [0.717, 1.165) is 63.4 Å². The fourth-order valence-electron chi connectivity index (χ4n) is 4.24. The summed E-state index contributed by atoms with van der Waals surface area (Å²) in [6.07, 6.45) is 4.91. The van der Waals surface area contributed by atoms with Crippen LogP contribution >= 0.6 is 0 Å². The van der Waals surface area contributed by atoms with Crippen molar-refractivity contribution in [1.29, 1.82) is 0 Å². The highest BCUT2D eigenvalue weighted by Crippen LogP contribution is 2.22. The fourth-order valence-corrected chi connectivity index (χ4v) is 4.24. The van der Waals surface area contributed by atoms with Crippen molar-refractivity contribution in [3.8, 4) is 5.75 Å². The quantitative estimate of drug-likeness (QED) is 0.768. The molecule has 0 aromatic heterocycles. The largest absolute Gasteiger partial charge is 0.494 e. The molecule has 1 aromatic rings. The monoisotopic (exact) mass is 373 g/mol. The molecule has 2 fully saturated rings. The summed E-state index contributed by atoms with van der Waals surface area (Å²) in [6.45, 7) is 9.00. The lowest BCUT2D eigenvalue weighted by molar-refractivity contribution is -0.131.